The van der Waals surface area contributed by atoms with Crippen molar-refractivity contribution in [1.82, 2.24) is 14.2 Å². The molecule has 4 nitrogen and oxygen atoms in total. The van der Waals surface area contributed by atoms with Crippen molar-refractivity contribution in [3.05, 3.63) is 44.8 Å². The van der Waals surface area contributed by atoms with E-state index >= 15 is 0 Å². The Balaban J connectivity index is 2.01. The fraction of sp³-hybridized carbons (Fsp3) is 0.412. The van der Waals surface area contributed by atoms with Crippen LogP contribution in [0.4, 0.5) is 0 Å². The lowest BCUT2D eigenvalue weighted by molar-refractivity contribution is 0.435. The van der Waals surface area contributed by atoms with E-state index < -0.39 is 0 Å². The maximum atomic E-state index is 12.5. The molecule has 1 aliphatic carbocycles. The third-order valence-corrected chi connectivity index (χ3v) is 5.29. The molecule has 114 valence electrons. The van der Waals surface area contributed by atoms with E-state index in [0.29, 0.717) is 11.3 Å². The summed E-state index contributed by atoms with van der Waals surface area (Å²) in [5.74, 6) is 0.533. The molecule has 0 spiro atoms. The van der Waals surface area contributed by atoms with Crippen molar-refractivity contribution in [3.8, 4) is 0 Å². The zero-order chi connectivity index (χ0) is 15.3. The average molecular weight is 360 g/mol. The summed E-state index contributed by atoms with van der Waals surface area (Å²) in [5, 5.41) is 5.55. The Labute approximate surface area is 136 Å². The predicted molar refractivity (Wildman–Crippen MR) is 91.5 cm³/mol. The molecule has 0 amide bonds. The van der Waals surface area contributed by atoms with E-state index in [1.54, 1.807) is 4.57 Å². The van der Waals surface area contributed by atoms with E-state index in [2.05, 4.69) is 22.0 Å². The maximum absolute atomic E-state index is 12.5. The van der Waals surface area contributed by atoms with Gasteiger partial charge < -0.3 is 0 Å². The van der Waals surface area contributed by atoms with Gasteiger partial charge >= 0.3 is 0 Å². The van der Waals surface area contributed by atoms with Crippen molar-refractivity contribution < 1.29 is 0 Å². The van der Waals surface area contributed by atoms with Gasteiger partial charge in [0.05, 0.1) is 16.6 Å². The summed E-state index contributed by atoms with van der Waals surface area (Å²) in [6.07, 6.45) is 6.31. The van der Waals surface area contributed by atoms with Crippen LogP contribution in [0.3, 0.4) is 0 Å². The van der Waals surface area contributed by atoms with Gasteiger partial charge in [-0.25, -0.2) is 4.52 Å². The fourth-order valence-corrected chi connectivity index (χ4v) is 3.90. The number of hydrogen-bond acceptors (Lipinski definition) is 2. The molecule has 0 radical (unpaired) electrons. The molecule has 0 aliphatic heterocycles. The molecule has 1 aromatic carbocycles. The summed E-state index contributed by atoms with van der Waals surface area (Å²) in [4.78, 5) is 12.5. The van der Waals surface area contributed by atoms with Crippen LogP contribution in [0.1, 0.15) is 43.7 Å². The van der Waals surface area contributed by atoms with Gasteiger partial charge in [-0.05, 0) is 31.0 Å². The van der Waals surface area contributed by atoms with E-state index in [0.717, 1.165) is 21.3 Å². The van der Waals surface area contributed by atoms with E-state index in [-0.39, 0.29) is 5.56 Å². The lowest BCUT2D eigenvalue weighted by atomic mass is 9.87. The Morgan fingerprint density at radius 1 is 1.18 bits per heavy atom. The van der Waals surface area contributed by atoms with Gasteiger partial charge in [-0.15, -0.1) is 0 Å². The van der Waals surface area contributed by atoms with Gasteiger partial charge in [-0.1, -0.05) is 35.2 Å². The first kappa shape index (κ1) is 14.0. The van der Waals surface area contributed by atoms with Crippen LogP contribution in [0.15, 0.2) is 33.5 Å². The highest BCUT2D eigenvalue weighted by Gasteiger charge is 2.20. The summed E-state index contributed by atoms with van der Waals surface area (Å²) in [6.45, 7) is 0. The van der Waals surface area contributed by atoms with Crippen LogP contribution in [0.2, 0.25) is 0 Å². The first-order chi connectivity index (χ1) is 10.6. The summed E-state index contributed by atoms with van der Waals surface area (Å²) < 4.78 is 4.59. The van der Waals surface area contributed by atoms with E-state index in [1.807, 2.05) is 29.8 Å². The Kier molecular flexibility index (Phi) is 3.33. The van der Waals surface area contributed by atoms with Gasteiger partial charge in [0.1, 0.15) is 5.65 Å². The minimum Gasteiger partial charge on any atom is -0.296 e. The van der Waals surface area contributed by atoms with Crippen LogP contribution in [0, 0.1) is 0 Å². The van der Waals surface area contributed by atoms with E-state index in [1.165, 1.54) is 32.1 Å². The van der Waals surface area contributed by atoms with Gasteiger partial charge in [0.25, 0.3) is 5.56 Å². The quantitative estimate of drug-likeness (QED) is 0.658. The molecule has 22 heavy (non-hydrogen) atoms. The second-order valence-electron chi connectivity index (χ2n) is 6.20. The zero-order valence-electron chi connectivity index (χ0n) is 12.6. The summed E-state index contributed by atoms with van der Waals surface area (Å²) >= 11 is 3.49. The Morgan fingerprint density at radius 2 is 1.95 bits per heavy atom. The Bertz CT molecular complexity index is 919. The summed E-state index contributed by atoms with van der Waals surface area (Å²) in [5.41, 5.74) is 2.90. The largest absolute Gasteiger partial charge is 0.296 e. The summed E-state index contributed by atoms with van der Waals surface area (Å²) in [7, 11) is 1.82. The molecule has 1 saturated carbocycles. The summed E-state index contributed by atoms with van der Waals surface area (Å²) in [6, 6.07) is 7.84. The monoisotopic (exact) mass is 359 g/mol. The number of aromatic nitrogens is 3. The number of nitrogens with zero attached hydrogens (tertiary/aromatic N) is 3. The van der Waals surface area contributed by atoms with E-state index in [9.17, 15) is 4.79 Å². The fourth-order valence-electron chi connectivity index (χ4n) is 3.55. The zero-order valence-corrected chi connectivity index (χ0v) is 14.1. The molecule has 1 aliphatic rings. The first-order valence-corrected chi connectivity index (χ1v) is 8.62. The third-order valence-electron chi connectivity index (χ3n) is 4.80. The van der Waals surface area contributed by atoms with Crippen molar-refractivity contribution in [2.75, 3.05) is 0 Å². The molecular weight excluding hydrogens is 342 g/mol. The molecular formula is C17H18BrN3O. The molecule has 2 aromatic heterocycles. The van der Waals surface area contributed by atoms with Crippen molar-refractivity contribution in [2.24, 2.45) is 7.05 Å². The Hall–Kier alpha value is -1.62. The highest BCUT2D eigenvalue weighted by atomic mass is 79.9. The minimum atomic E-state index is 0.0325. The third kappa shape index (κ3) is 2.10. The van der Waals surface area contributed by atoms with Gasteiger partial charge in [0.2, 0.25) is 0 Å². The van der Waals surface area contributed by atoms with Crippen molar-refractivity contribution in [1.29, 1.82) is 0 Å². The number of hydrogen-bond donors (Lipinski definition) is 0. The normalized spacial score (nSPS) is 16.6. The van der Waals surface area contributed by atoms with Gasteiger partial charge in [-0.3, -0.25) is 9.36 Å². The van der Waals surface area contributed by atoms with Crippen molar-refractivity contribution >= 4 is 32.5 Å². The topological polar surface area (TPSA) is 39.3 Å². The van der Waals surface area contributed by atoms with Gasteiger partial charge in [0, 0.05) is 23.5 Å². The lowest BCUT2D eigenvalue weighted by Gasteiger charge is -2.19. The first-order valence-electron chi connectivity index (χ1n) is 7.83. The highest BCUT2D eigenvalue weighted by Crippen LogP contribution is 2.32. The molecule has 5 heteroatoms. The molecule has 0 bridgehead atoms. The molecule has 0 N–H and O–H groups in total. The van der Waals surface area contributed by atoms with Crippen LogP contribution in [-0.4, -0.2) is 14.2 Å². The van der Waals surface area contributed by atoms with Crippen LogP contribution in [0.25, 0.3) is 16.6 Å². The second-order valence-corrected chi connectivity index (χ2v) is 7.12. The maximum Gasteiger partial charge on any atom is 0.261 e. The minimum absolute atomic E-state index is 0.0325. The standard InChI is InChI=1S/C17H18BrN3O/c1-20-16-10-14(11-5-3-2-4-6-11)19-21(16)15-9-12(18)7-8-13(15)17(20)22/h7-11H,2-6H2,1H3. The molecule has 0 atom stereocenters. The molecule has 1 fully saturated rings. The number of fused-ring (bicyclic) bond motifs is 3. The van der Waals surface area contributed by atoms with Crippen molar-refractivity contribution in [3.63, 3.8) is 0 Å². The van der Waals surface area contributed by atoms with Crippen molar-refractivity contribution in [2.45, 2.75) is 38.0 Å². The number of aryl methyl sites for hydroxylation is 1. The molecule has 2 heterocycles. The van der Waals surface area contributed by atoms with E-state index in [4.69, 9.17) is 5.10 Å². The second kappa shape index (κ2) is 5.23. The Morgan fingerprint density at radius 3 is 2.73 bits per heavy atom. The average Bonchev–Trinajstić information content (AvgIpc) is 2.99. The van der Waals surface area contributed by atoms with Crippen LogP contribution in [-0.2, 0) is 7.05 Å². The molecule has 0 unspecified atom stereocenters. The molecule has 3 aromatic rings. The smallest absolute Gasteiger partial charge is 0.261 e. The molecule has 0 saturated heterocycles. The predicted octanol–water partition coefficient (Wildman–Crippen LogP) is 4.00. The van der Waals surface area contributed by atoms with Crippen LogP contribution < -0.4 is 5.56 Å². The number of rotatable bonds is 1. The number of halogens is 1. The van der Waals surface area contributed by atoms with Crippen LogP contribution in [0.5, 0.6) is 0 Å². The van der Waals surface area contributed by atoms with Gasteiger partial charge in [0.15, 0.2) is 0 Å². The highest BCUT2D eigenvalue weighted by molar-refractivity contribution is 9.10. The van der Waals surface area contributed by atoms with Crippen LogP contribution >= 0.6 is 15.9 Å². The SMILES string of the molecule is Cn1c(=O)c2ccc(Br)cc2n2nc(C3CCCCC3)cc12. The lowest BCUT2D eigenvalue weighted by Crippen LogP contribution is -2.19. The van der Waals surface area contributed by atoms with Gasteiger partial charge in [-0.2, -0.15) is 5.10 Å². The molecule has 4 rings (SSSR count). The number of benzene rings is 1.